The van der Waals surface area contributed by atoms with Gasteiger partial charge in [0.2, 0.25) is 0 Å². The highest BCUT2D eigenvalue weighted by Crippen LogP contribution is 2.49. The number of carbonyl (C=O) groups excluding carboxylic acids is 1. The smallest absolute Gasteiger partial charge is 0.271 e. The van der Waals surface area contributed by atoms with Gasteiger partial charge in [0.1, 0.15) is 5.69 Å². The molecule has 1 aromatic heterocycles. The van der Waals surface area contributed by atoms with Crippen molar-refractivity contribution in [3.8, 4) is 0 Å². The van der Waals surface area contributed by atoms with Crippen molar-refractivity contribution in [1.82, 2.24) is 15.1 Å². The predicted molar refractivity (Wildman–Crippen MR) is 78.8 cm³/mol. The van der Waals surface area contributed by atoms with Crippen molar-refractivity contribution in [3.05, 3.63) is 16.9 Å². The molecule has 0 aliphatic heterocycles. The number of aryl methyl sites for hydroxylation is 1. The molecule has 2 aliphatic carbocycles. The van der Waals surface area contributed by atoms with E-state index in [4.69, 9.17) is 11.6 Å². The lowest BCUT2D eigenvalue weighted by Gasteiger charge is -2.28. The zero-order valence-corrected chi connectivity index (χ0v) is 12.9. The standard InChI is InChI=1S/C15H22ClN3O/c1-3-19-14(13(16)8-17-19)15(20)18-9(2)12-7-10-4-5-11(12)6-10/h8-12H,3-7H2,1-2H3,(H,18,20)/t9-,10-,11-,12-/m1/s1. The Bertz CT molecular complexity index is 513. The quantitative estimate of drug-likeness (QED) is 0.928. The van der Waals surface area contributed by atoms with Gasteiger partial charge >= 0.3 is 0 Å². The Labute approximate surface area is 124 Å². The third-order valence-corrected chi connectivity index (χ3v) is 5.38. The summed E-state index contributed by atoms with van der Waals surface area (Å²) < 4.78 is 1.66. The normalized spacial score (nSPS) is 29.6. The van der Waals surface area contributed by atoms with E-state index in [1.54, 1.807) is 10.9 Å². The molecule has 20 heavy (non-hydrogen) atoms. The van der Waals surface area contributed by atoms with Crippen LogP contribution in [0.25, 0.3) is 0 Å². The van der Waals surface area contributed by atoms with Crippen LogP contribution < -0.4 is 5.32 Å². The molecule has 0 unspecified atom stereocenters. The van der Waals surface area contributed by atoms with Crippen molar-refractivity contribution in [2.75, 3.05) is 0 Å². The summed E-state index contributed by atoms with van der Waals surface area (Å²) in [5, 5.41) is 7.70. The van der Waals surface area contributed by atoms with E-state index in [-0.39, 0.29) is 11.9 Å². The summed E-state index contributed by atoms with van der Waals surface area (Å²) >= 11 is 6.08. The minimum atomic E-state index is -0.0929. The number of amides is 1. The van der Waals surface area contributed by atoms with E-state index in [9.17, 15) is 4.79 Å². The molecule has 1 aromatic rings. The van der Waals surface area contributed by atoms with Crippen LogP contribution in [0, 0.1) is 17.8 Å². The van der Waals surface area contributed by atoms with Crippen LogP contribution in [-0.2, 0) is 6.54 Å². The van der Waals surface area contributed by atoms with Gasteiger partial charge in [-0.1, -0.05) is 18.0 Å². The van der Waals surface area contributed by atoms with Gasteiger partial charge in [-0.25, -0.2) is 0 Å². The van der Waals surface area contributed by atoms with E-state index in [2.05, 4.69) is 17.3 Å². The summed E-state index contributed by atoms with van der Waals surface area (Å²) in [6.45, 7) is 4.74. The number of fused-ring (bicyclic) bond motifs is 2. The number of aromatic nitrogens is 2. The molecule has 2 saturated carbocycles. The van der Waals surface area contributed by atoms with Gasteiger partial charge in [-0.15, -0.1) is 0 Å². The van der Waals surface area contributed by atoms with Gasteiger partial charge < -0.3 is 5.32 Å². The molecule has 0 aromatic carbocycles. The SMILES string of the molecule is CCn1ncc(Cl)c1C(=O)N[C@H](C)[C@H]1C[C@@H]2CC[C@@H]1C2. The highest BCUT2D eigenvalue weighted by molar-refractivity contribution is 6.33. The number of hydrogen-bond acceptors (Lipinski definition) is 2. The summed E-state index contributed by atoms with van der Waals surface area (Å²) in [6.07, 6.45) is 6.90. The van der Waals surface area contributed by atoms with Gasteiger partial charge in [0.25, 0.3) is 5.91 Å². The minimum Gasteiger partial charge on any atom is -0.348 e. The van der Waals surface area contributed by atoms with Gasteiger partial charge in [-0.3, -0.25) is 9.48 Å². The number of rotatable bonds is 4. The van der Waals surface area contributed by atoms with Gasteiger partial charge in [-0.05, 0) is 50.9 Å². The monoisotopic (exact) mass is 295 g/mol. The lowest BCUT2D eigenvalue weighted by Crippen LogP contribution is -2.41. The molecule has 1 amide bonds. The van der Waals surface area contributed by atoms with Crippen LogP contribution in [0.5, 0.6) is 0 Å². The first-order valence-electron chi connectivity index (χ1n) is 7.62. The molecular weight excluding hydrogens is 274 g/mol. The van der Waals surface area contributed by atoms with Crippen molar-refractivity contribution in [3.63, 3.8) is 0 Å². The number of carbonyl (C=O) groups is 1. The van der Waals surface area contributed by atoms with Gasteiger partial charge in [-0.2, -0.15) is 5.10 Å². The van der Waals surface area contributed by atoms with Gasteiger partial charge in [0.05, 0.1) is 11.2 Å². The summed E-state index contributed by atoms with van der Waals surface area (Å²) in [4.78, 5) is 12.4. The van der Waals surface area contributed by atoms with E-state index >= 15 is 0 Å². The Kier molecular flexibility index (Phi) is 3.76. The Balaban J connectivity index is 1.68. The summed E-state index contributed by atoms with van der Waals surface area (Å²) in [5.41, 5.74) is 0.490. The third kappa shape index (κ3) is 2.34. The second-order valence-electron chi connectivity index (χ2n) is 6.26. The van der Waals surface area contributed by atoms with Crippen molar-refractivity contribution in [2.24, 2.45) is 17.8 Å². The fraction of sp³-hybridized carbons (Fsp3) is 0.733. The zero-order chi connectivity index (χ0) is 14.3. The van der Waals surface area contributed by atoms with E-state index in [1.165, 1.54) is 25.7 Å². The van der Waals surface area contributed by atoms with Crippen LogP contribution >= 0.6 is 11.6 Å². The van der Waals surface area contributed by atoms with Crippen molar-refractivity contribution in [2.45, 2.75) is 52.1 Å². The zero-order valence-electron chi connectivity index (χ0n) is 12.1. The highest BCUT2D eigenvalue weighted by atomic mass is 35.5. The van der Waals surface area contributed by atoms with Crippen molar-refractivity contribution in [1.29, 1.82) is 0 Å². The molecule has 5 heteroatoms. The Morgan fingerprint density at radius 3 is 2.95 bits per heavy atom. The molecule has 1 N–H and O–H groups in total. The van der Waals surface area contributed by atoms with Gasteiger partial charge in [0, 0.05) is 12.6 Å². The van der Waals surface area contributed by atoms with Crippen LogP contribution in [0.4, 0.5) is 0 Å². The van der Waals surface area contributed by atoms with Crippen LogP contribution in [0.2, 0.25) is 5.02 Å². The number of halogens is 1. The molecule has 2 fully saturated rings. The molecule has 1 heterocycles. The predicted octanol–water partition coefficient (Wildman–Crippen LogP) is 3.11. The minimum absolute atomic E-state index is 0.0929. The molecule has 0 radical (unpaired) electrons. The second kappa shape index (κ2) is 5.40. The lowest BCUT2D eigenvalue weighted by molar-refractivity contribution is 0.0904. The molecule has 2 aliphatic rings. The van der Waals surface area contributed by atoms with E-state index in [0.717, 1.165) is 11.8 Å². The van der Waals surface area contributed by atoms with Crippen LogP contribution in [0.15, 0.2) is 6.20 Å². The average molecular weight is 296 g/mol. The molecule has 3 rings (SSSR count). The lowest BCUT2D eigenvalue weighted by atomic mass is 9.84. The molecule has 4 atom stereocenters. The maximum Gasteiger partial charge on any atom is 0.271 e. The molecule has 0 spiro atoms. The second-order valence-corrected chi connectivity index (χ2v) is 6.66. The number of nitrogens with zero attached hydrogens (tertiary/aromatic N) is 2. The van der Waals surface area contributed by atoms with Crippen molar-refractivity contribution >= 4 is 17.5 Å². The largest absolute Gasteiger partial charge is 0.348 e. The van der Waals surface area contributed by atoms with E-state index in [0.29, 0.717) is 23.2 Å². The van der Waals surface area contributed by atoms with Crippen LogP contribution in [0.3, 0.4) is 0 Å². The topological polar surface area (TPSA) is 46.9 Å². The molecule has 110 valence electrons. The number of hydrogen-bond donors (Lipinski definition) is 1. The Morgan fingerprint density at radius 1 is 1.55 bits per heavy atom. The average Bonchev–Trinajstić information content (AvgIpc) is 3.12. The first-order valence-corrected chi connectivity index (χ1v) is 8.00. The number of nitrogens with one attached hydrogen (secondary N) is 1. The summed E-state index contributed by atoms with van der Waals surface area (Å²) in [7, 11) is 0. The van der Waals surface area contributed by atoms with E-state index < -0.39 is 0 Å². The molecule has 2 bridgehead atoms. The summed E-state index contributed by atoms with van der Waals surface area (Å²) in [6, 6.07) is 0.217. The van der Waals surface area contributed by atoms with Crippen LogP contribution in [0.1, 0.15) is 50.0 Å². The first-order chi connectivity index (χ1) is 9.60. The maximum atomic E-state index is 12.4. The first kappa shape index (κ1) is 13.9. The third-order valence-electron chi connectivity index (χ3n) is 5.10. The summed E-state index contributed by atoms with van der Waals surface area (Å²) in [5.74, 6) is 2.25. The van der Waals surface area contributed by atoms with E-state index in [1.807, 2.05) is 6.92 Å². The van der Waals surface area contributed by atoms with Gasteiger partial charge in [0.15, 0.2) is 0 Å². The molecular formula is C15H22ClN3O. The Hall–Kier alpha value is -1.03. The highest BCUT2D eigenvalue weighted by Gasteiger charge is 2.42. The fourth-order valence-corrected chi connectivity index (χ4v) is 4.34. The molecule has 4 nitrogen and oxygen atoms in total. The molecule has 0 saturated heterocycles. The fourth-order valence-electron chi connectivity index (χ4n) is 4.12. The Morgan fingerprint density at radius 2 is 2.35 bits per heavy atom. The maximum absolute atomic E-state index is 12.4. The van der Waals surface area contributed by atoms with Crippen molar-refractivity contribution < 1.29 is 4.79 Å². The van der Waals surface area contributed by atoms with Crippen LogP contribution in [-0.4, -0.2) is 21.7 Å².